The van der Waals surface area contributed by atoms with E-state index in [-0.39, 0.29) is 25.8 Å². The van der Waals surface area contributed by atoms with E-state index in [4.69, 9.17) is 42.3 Å². The molecule has 12 nitrogen and oxygen atoms in total. The third kappa shape index (κ3) is 8.16. The Balaban J connectivity index is 0.00000156. The van der Waals surface area contributed by atoms with Crippen LogP contribution in [0.4, 0.5) is 10.5 Å². The summed E-state index contributed by atoms with van der Waals surface area (Å²) < 4.78 is 13.2. The molecule has 0 saturated heterocycles. The Kier molecular flexibility index (Phi) is 11.6. The van der Waals surface area contributed by atoms with Gasteiger partial charge in [0.05, 0.1) is 18.4 Å². The zero-order valence-electron chi connectivity index (χ0n) is 27.2. The van der Waals surface area contributed by atoms with Crippen molar-refractivity contribution in [2.24, 2.45) is 5.92 Å². The minimum atomic E-state index is -1.09. The third-order valence-corrected chi connectivity index (χ3v) is 9.46. The van der Waals surface area contributed by atoms with Gasteiger partial charge in [-0.25, -0.2) is 9.59 Å². The van der Waals surface area contributed by atoms with E-state index in [1.165, 1.54) is 0 Å². The largest absolute Gasteiger partial charge is 0.490 e. The molecule has 3 aromatic carbocycles. The minimum Gasteiger partial charge on any atom is -0.490 e. The maximum atomic E-state index is 13.3. The van der Waals surface area contributed by atoms with Crippen LogP contribution in [0, 0.1) is 12.8 Å². The highest BCUT2D eigenvalue weighted by Gasteiger charge is 2.48. The number of fused-ring (bicyclic) bond motifs is 3. The second kappa shape index (κ2) is 16.0. The second-order valence-corrected chi connectivity index (χ2v) is 12.7. The average Bonchev–Trinajstić information content (AvgIpc) is 3.75. The summed E-state index contributed by atoms with van der Waals surface area (Å²) in [6.07, 6.45) is 4.79. The number of carbonyl (C=O) groups is 3. The maximum absolute atomic E-state index is 13.3. The van der Waals surface area contributed by atoms with E-state index in [0.29, 0.717) is 51.8 Å². The van der Waals surface area contributed by atoms with Crippen molar-refractivity contribution in [1.82, 2.24) is 15.1 Å². The molecule has 0 spiro atoms. The van der Waals surface area contributed by atoms with Gasteiger partial charge < -0.3 is 19.9 Å². The van der Waals surface area contributed by atoms with Crippen LogP contribution >= 0.6 is 23.2 Å². The van der Waals surface area contributed by atoms with Gasteiger partial charge in [0.1, 0.15) is 25.0 Å². The van der Waals surface area contributed by atoms with Crippen molar-refractivity contribution in [2.45, 2.75) is 45.2 Å². The number of hydrogen-bond donors (Lipinski definition) is 2. The number of nitrogens with one attached hydrogen (secondary N) is 1. The summed E-state index contributed by atoms with van der Waals surface area (Å²) in [5.74, 6) is -0.207. The monoisotopic (exact) mass is 720 g/mol. The summed E-state index contributed by atoms with van der Waals surface area (Å²) in [5, 5.41) is 17.5. The zero-order valence-corrected chi connectivity index (χ0v) is 28.7. The standard InChI is InChI=1S/C35H34Cl2N4O6.CO2/c1-3-29(34(43)44)39-33(42)21-10-11-28(37)23(14-21)17-40-18-24(16-38-40)25-6-4-8-30-32(25)26-15-22(26)19-41(30)35(45)47-13-12-46-31-9-5-7-27(36)20(31)2;2-1-3/h4-11,14,16,18,22,26,29H,3,12-13,15,17,19H2,1-2H3,(H,39,42)(H,43,44);/t22-,26-,29-;/m0./s1. The van der Waals surface area contributed by atoms with Crippen LogP contribution in [-0.4, -0.2) is 64.8 Å². The van der Waals surface area contributed by atoms with Crippen LogP contribution in [0.25, 0.3) is 11.1 Å². The fourth-order valence-corrected chi connectivity index (χ4v) is 6.37. The van der Waals surface area contributed by atoms with Crippen LogP contribution in [0.15, 0.2) is 67.0 Å². The lowest BCUT2D eigenvalue weighted by molar-refractivity contribution is -0.191. The van der Waals surface area contributed by atoms with Crippen molar-refractivity contribution in [3.63, 3.8) is 0 Å². The summed E-state index contributed by atoms with van der Waals surface area (Å²) in [7, 11) is 0. The molecule has 1 aromatic heterocycles. The first-order valence-electron chi connectivity index (χ1n) is 15.9. The quantitative estimate of drug-likeness (QED) is 0.168. The van der Waals surface area contributed by atoms with E-state index in [2.05, 4.69) is 10.4 Å². The molecule has 2 N–H and O–H groups in total. The van der Waals surface area contributed by atoms with Gasteiger partial charge in [-0.3, -0.25) is 14.4 Å². The van der Waals surface area contributed by atoms with Crippen LogP contribution in [0.2, 0.25) is 10.0 Å². The first kappa shape index (κ1) is 36.1. The van der Waals surface area contributed by atoms with Crippen molar-refractivity contribution in [1.29, 1.82) is 0 Å². The molecule has 4 aromatic rings. The fraction of sp³-hybridized carbons (Fsp3) is 0.306. The summed E-state index contributed by atoms with van der Waals surface area (Å²) in [6.45, 7) is 4.77. The lowest BCUT2D eigenvalue weighted by atomic mass is 9.93. The Morgan fingerprint density at radius 3 is 2.58 bits per heavy atom. The summed E-state index contributed by atoms with van der Waals surface area (Å²) >= 11 is 12.7. The van der Waals surface area contributed by atoms with Crippen molar-refractivity contribution in [2.75, 3.05) is 24.7 Å². The highest BCUT2D eigenvalue weighted by molar-refractivity contribution is 6.31. The van der Waals surface area contributed by atoms with E-state index < -0.39 is 24.0 Å². The molecule has 1 aliphatic heterocycles. The number of anilines is 1. The van der Waals surface area contributed by atoms with E-state index in [9.17, 15) is 19.5 Å². The average molecular weight is 722 g/mol. The topological polar surface area (TPSA) is 157 Å². The molecule has 260 valence electrons. The van der Waals surface area contributed by atoms with Gasteiger partial charge in [0.15, 0.2) is 0 Å². The van der Waals surface area contributed by atoms with E-state index in [0.717, 1.165) is 34.4 Å². The summed E-state index contributed by atoms with van der Waals surface area (Å²) in [6, 6.07) is 15.2. The summed E-state index contributed by atoms with van der Waals surface area (Å²) in [5.41, 5.74) is 5.64. The normalized spacial score (nSPS) is 16.0. The van der Waals surface area contributed by atoms with Crippen LogP contribution in [0.1, 0.15) is 52.7 Å². The van der Waals surface area contributed by atoms with Crippen molar-refractivity contribution in [3.05, 3.63) is 99.3 Å². The van der Waals surface area contributed by atoms with Gasteiger partial charge in [0.25, 0.3) is 5.91 Å². The van der Waals surface area contributed by atoms with Crippen molar-refractivity contribution in [3.8, 4) is 16.9 Å². The van der Waals surface area contributed by atoms with Crippen molar-refractivity contribution >= 4 is 53.0 Å². The number of carboxylic acids is 1. The van der Waals surface area contributed by atoms with Gasteiger partial charge >= 0.3 is 18.2 Å². The molecule has 3 atom stereocenters. The molecule has 2 amide bonds. The van der Waals surface area contributed by atoms with Gasteiger partial charge in [-0.15, -0.1) is 0 Å². The molecule has 0 radical (unpaired) electrons. The lowest BCUT2D eigenvalue weighted by Gasteiger charge is -2.29. The number of halogens is 2. The minimum absolute atomic E-state index is 0.0986. The molecular weight excluding hydrogens is 687 g/mol. The molecule has 0 bridgehead atoms. The van der Waals surface area contributed by atoms with Gasteiger partial charge in [0.2, 0.25) is 0 Å². The molecule has 1 aliphatic carbocycles. The zero-order chi connectivity index (χ0) is 35.9. The summed E-state index contributed by atoms with van der Waals surface area (Å²) in [4.78, 5) is 55.3. The molecule has 1 saturated carbocycles. The number of ether oxygens (including phenoxy) is 2. The fourth-order valence-electron chi connectivity index (χ4n) is 6.02. The molecule has 2 heterocycles. The molecule has 0 unspecified atom stereocenters. The highest BCUT2D eigenvalue weighted by atomic mass is 35.5. The molecule has 50 heavy (non-hydrogen) atoms. The van der Waals surface area contributed by atoms with E-state index >= 15 is 0 Å². The van der Waals surface area contributed by atoms with Crippen LogP contribution < -0.4 is 15.0 Å². The van der Waals surface area contributed by atoms with Gasteiger partial charge in [-0.1, -0.05) is 48.3 Å². The molecule has 1 fully saturated rings. The number of nitrogens with zero attached hydrogens (tertiary/aromatic N) is 3. The van der Waals surface area contributed by atoms with Gasteiger partial charge in [0, 0.05) is 39.5 Å². The lowest BCUT2D eigenvalue weighted by Crippen LogP contribution is -2.40. The van der Waals surface area contributed by atoms with E-state index in [1.807, 2.05) is 43.5 Å². The highest BCUT2D eigenvalue weighted by Crippen LogP contribution is 2.57. The first-order chi connectivity index (χ1) is 24.1. The first-order valence-corrected chi connectivity index (χ1v) is 16.6. The Morgan fingerprint density at radius 2 is 1.84 bits per heavy atom. The van der Waals surface area contributed by atoms with Crippen molar-refractivity contribution < 1.29 is 38.6 Å². The SMILES string of the molecule is CC[C@H](NC(=O)c1ccc(Cl)c(Cn2cc(-c3cccc4c3[C@H]3C[C@H]3CN4C(=O)OCCOc3cccc(Cl)c3C)cn2)c1)C(=O)O.O=C=O. The Morgan fingerprint density at radius 1 is 1.08 bits per heavy atom. The molecule has 14 heteroatoms. The third-order valence-electron chi connectivity index (χ3n) is 8.69. The molecule has 2 aliphatic rings. The number of aliphatic carboxylic acids is 1. The Hall–Kier alpha value is -5.16. The van der Waals surface area contributed by atoms with Gasteiger partial charge in [-0.2, -0.15) is 14.7 Å². The number of hydrogen-bond acceptors (Lipinski definition) is 8. The number of benzene rings is 3. The smallest absolute Gasteiger partial charge is 0.414 e. The Bertz CT molecular complexity index is 1940. The number of carboxylic acid groups (broad SMARTS) is 1. The predicted octanol–water partition coefficient (Wildman–Crippen LogP) is 6.36. The molecular formula is C36H34Cl2N4O8. The van der Waals surface area contributed by atoms with E-state index in [1.54, 1.807) is 47.0 Å². The van der Waals surface area contributed by atoms with Gasteiger partial charge in [-0.05, 0) is 84.7 Å². The molecule has 6 rings (SSSR count). The second-order valence-electron chi connectivity index (χ2n) is 11.9. The number of carbonyl (C=O) groups excluding carboxylic acids is 4. The maximum Gasteiger partial charge on any atom is 0.414 e. The number of rotatable bonds is 11. The number of aromatic nitrogens is 2. The van der Waals surface area contributed by atoms with Crippen LogP contribution in [0.3, 0.4) is 0 Å². The number of amides is 2. The Labute approximate surface area is 297 Å². The predicted molar refractivity (Wildman–Crippen MR) is 184 cm³/mol. The van der Waals surface area contributed by atoms with Crippen LogP contribution in [-0.2, 0) is 25.7 Å². The van der Waals surface area contributed by atoms with Crippen LogP contribution in [0.5, 0.6) is 5.75 Å².